The molecule has 0 spiro atoms. The number of amides is 3. The fourth-order valence-electron chi connectivity index (χ4n) is 3.31. The molecule has 1 aliphatic heterocycles. The lowest BCUT2D eigenvalue weighted by Crippen LogP contribution is -2.77. The van der Waals surface area contributed by atoms with Crippen LogP contribution in [-0.2, 0) is 40.9 Å². The Labute approximate surface area is 212 Å². The molecule has 1 aromatic heterocycles. The molecule has 0 aliphatic carbocycles. The molecule has 3 rings (SSSR count). The lowest BCUT2D eigenvalue weighted by atomic mass is 9.96. The van der Waals surface area contributed by atoms with Gasteiger partial charge < -0.3 is 25.9 Å². The molecule has 0 bridgehead atoms. The monoisotopic (exact) mass is 557 g/mol. The number of nitrogens with zero attached hydrogens (tertiary/aromatic N) is 4. The minimum absolute atomic E-state index is 0.00814. The van der Waals surface area contributed by atoms with Crippen molar-refractivity contribution in [1.29, 1.82) is 0 Å². The first-order valence-electron chi connectivity index (χ1n) is 9.96. The molecule has 2 heterocycles. The molecule has 37 heavy (non-hydrogen) atoms. The van der Waals surface area contributed by atoms with Crippen LogP contribution in [0.25, 0.3) is 0 Å². The fraction of sp³-hybridized carbons (Fsp3) is 0.278. The maximum absolute atomic E-state index is 12.9. The number of nitrogen functional groups attached to an aromatic ring is 1. The van der Waals surface area contributed by atoms with Crippen LogP contribution in [0.15, 0.2) is 34.8 Å². The summed E-state index contributed by atoms with van der Waals surface area (Å²) >= 11 is 0.994. The summed E-state index contributed by atoms with van der Waals surface area (Å²) in [5, 5.41) is 20.3. The SMILES string of the molecule is CON=C(C(=O)NC1C(=O)N(S(=O)(=O)O)C1C(NC=O)OCc1ccc([N+](=O)[O-])cc1)c1csc(N)n1. The molecule has 1 aliphatic rings. The van der Waals surface area contributed by atoms with E-state index in [0.29, 0.717) is 5.56 Å². The van der Waals surface area contributed by atoms with E-state index in [0.717, 1.165) is 18.4 Å². The zero-order valence-electron chi connectivity index (χ0n) is 18.7. The largest absolute Gasteiger partial charge is 0.398 e. The normalized spacial score (nSPS) is 18.5. The van der Waals surface area contributed by atoms with Crippen molar-refractivity contribution >= 4 is 56.4 Å². The molecule has 5 N–H and O–H groups in total. The Bertz CT molecular complexity index is 1330. The summed E-state index contributed by atoms with van der Waals surface area (Å²) in [4.78, 5) is 55.4. The average Bonchev–Trinajstić information content (AvgIpc) is 3.27. The predicted molar refractivity (Wildman–Crippen MR) is 125 cm³/mol. The summed E-state index contributed by atoms with van der Waals surface area (Å²) in [5.74, 6) is -2.24. The van der Waals surface area contributed by atoms with Gasteiger partial charge in [0.2, 0.25) is 6.41 Å². The van der Waals surface area contributed by atoms with Gasteiger partial charge >= 0.3 is 10.3 Å². The summed E-state index contributed by atoms with van der Waals surface area (Å²) < 4.78 is 38.8. The summed E-state index contributed by atoms with van der Waals surface area (Å²) in [6.45, 7) is -0.303. The highest BCUT2D eigenvalue weighted by molar-refractivity contribution is 7.84. The van der Waals surface area contributed by atoms with Crippen molar-refractivity contribution < 1.29 is 41.9 Å². The van der Waals surface area contributed by atoms with E-state index in [4.69, 9.17) is 10.5 Å². The maximum Gasteiger partial charge on any atom is 0.362 e. The number of carbonyl (C=O) groups is 3. The number of β-lactam (4-membered cyclic amide) rings is 1. The van der Waals surface area contributed by atoms with Crippen LogP contribution >= 0.6 is 11.3 Å². The third-order valence-electron chi connectivity index (χ3n) is 4.91. The molecule has 198 valence electrons. The Balaban J connectivity index is 1.85. The van der Waals surface area contributed by atoms with Gasteiger partial charge in [0.15, 0.2) is 17.1 Å². The molecule has 0 saturated carbocycles. The molecular formula is C18H19N7O10S2. The first-order chi connectivity index (χ1) is 17.5. The molecule has 19 heteroatoms. The minimum Gasteiger partial charge on any atom is -0.398 e. The van der Waals surface area contributed by atoms with Crippen molar-refractivity contribution in [1.82, 2.24) is 19.9 Å². The van der Waals surface area contributed by atoms with Crippen LogP contribution in [0.3, 0.4) is 0 Å². The maximum atomic E-state index is 12.9. The third kappa shape index (κ3) is 6.14. The van der Waals surface area contributed by atoms with Gasteiger partial charge in [-0.05, 0) is 17.7 Å². The van der Waals surface area contributed by atoms with Crippen LogP contribution in [-0.4, -0.2) is 76.5 Å². The number of hydrogen-bond donors (Lipinski definition) is 4. The number of carbonyl (C=O) groups excluding carboxylic acids is 3. The quantitative estimate of drug-likeness (QED) is 0.0456. The number of rotatable bonds is 12. The first-order valence-corrected chi connectivity index (χ1v) is 12.2. The van der Waals surface area contributed by atoms with Crippen molar-refractivity contribution in [2.24, 2.45) is 5.16 Å². The summed E-state index contributed by atoms with van der Waals surface area (Å²) in [6, 6.07) is 1.87. The number of nitro groups is 1. The molecule has 1 aromatic carbocycles. The van der Waals surface area contributed by atoms with Gasteiger partial charge in [0.1, 0.15) is 24.9 Å². The van der Waals surface area contributed by atoms with Crippen molar-refractivity contribution in [3.63, 3.8) is 0 Å². The van der Waals surface area contributed by atoms with E-state index in [1.54, 1.807) is 0 Å². The Morgan fingerprint density at radius 3 is 2.62 bits per heavy atom. The molecule has 1 fully saturated rings. The van der Waals surface area contributed by atoms with Gasteiger partial charge in [0.25, 0.3) is 17.5 Å². The average molecular weight is 558 g/mol. The van der Waals surface area contributed by atoms with Gasteiger partial charge in [0, 0.05) is 17.5 Å². The Morgan fingerprint density at radius 1 is 1.43 bits per heavy atom. The zero-order valence-corrected chi connectivity index (χ0v) is 20.3. The minimum atomic E-state index is -5.13. The van der Waals surface area contributed by atoms with Gasteiger partial charge in [-0.2, -0.15) is 8.42 Å². The van der Waals surface area contributed by atoms with Crippen molar-refractivity contribution in [2.75, 3.05) is 12.8 Å². The highest BCUT2D eigenvalue weighted by atomic mass is 32.2. The number of nitrogens with one attached hydrogen (secondary N) is 2. The van der Waals surface area contributed by atoms with Crippen LogP contribution < -0.4 is 16.4 Å². The standard InChI is InChI=1S/C18H19N7O10S2/c1-34-23-12(11-7-36-18(19)21-11)15(27)22-13-14(24(17(13)28)37(31,32)33)16(20-8-26)35-6-9-2-4-10(5-3-9)25(29)30/h2-5,7-8,13-14,16H,6H2,1H3,(H2,19,21)(H,20,26)(H,22,27)(H,31,32,33). The molecule has 2 aromatic rings. The van der Waals surface area contributed by atoms with Gasteiger partial charge in [-0.1, -0.05) is 5.16 Å². The van der Waals surface area contributed by atoms with Gasteiger partial charge in [-0.25, -0.2) is 9.29 Å². The van der Waals surface area contributed by atoms with Crippen LogP contribution in [0.5, 0.6) is 0 Å². The molecule has 3 amide bonds. The number of nitrogens with two attached hydrogens (primary N) is 1. The number of thiazole rings is 1. The fourth-order valence-corrected chi connectivity index (χ4v) is 4.74. The zero-order chi connectivity index (χ0) is 27.3. The smallest absolute Gasteiger partial charge is 0.362 e. The van der Waals surface area contributed by atoms with Crippen molar-refractivity contribution in [3.8, 4) is 0 Å². The van der Waals surface area contributed by atoms with Crippen molar-refractivity contribution in [2.45, 2.75) is 24.9 Å². The summed E-state index contributed by atoms with van der Waals surface area (Å²) in [6.07, 6.45) is -1.41. The van der Waals surface area contributed by atoms with E-state index < -0.39 is 45.4 Å². The number of hydrogen-bond acceptors (Lipinski definition) is 13. The topological polar surface area (TPSA) is 246 Å². The Hall–Kier alpha value is -4.20. The number of ether oxygens (including phenoxy) is 1. The second kappa shape index (κ2) is 11.2. The predicted octanol–water partition coefficient (Wildman–Crippen LogP) is -1.23. The van der Waals surface area contributed by atoms with E-state index in [9.17, 15) is 37.5 Å². The van der Waals surface area contributed by atoms with E-state index in [1.165, 1.54) is 29.6 Å². The van der Waals surface area contributed by atoms with Gasteiger partial charge in [-0.3, -0.25) is 29.1 Å². The van der Waals surface area contributed by atoms with Gasteiger partial charge in [0.05, 0.1) is 11.5 Å². The second-order valence-corrected chi connectivity index (χ2v) is 9.37. The van der Waals surface area contributed by atoms with Crippen LogP contribution in [0.2, 0.25) is 0 Å². The third-order valence-corrected chi connectivity index (χ3v) is 6.51. The number of oxime groups is 1. The number of benzene rings is 1. The number of aromatic nitrogens is 1. The van der Waals surface area contributed by atoms with Crippen LogP contribution in [0, 0.1) is 10.1 Å². The highest BCUT2D eigenvalue weighted by Crippen LogP contribution is 2.28. The van der Waals surface area contributed by atoms with Crippen molar-refractivity contribution in [3.05, 3.63) is 51.0 Å². The van der Waals surface area contributed by atoms with Crippen LogP contribution in [0.1, 0.15) is 11.3 Å². The van der Waals surface area contributed by atoms with E-state index in [1.807, 2.05) is 0 Å². The lowest BCUT2D eigenvalue weighted by Gasteiger charge is -2.47. The molecule has 3 atom stereocenters. The van der Waals surface area contributed by atoms with Crippen LogP contribution in [0.4, 0.5) is 10.8 Å². The second-order valence-electron chi connectivity index (χ2n) is 7.19. The van der Waals surface area contributed by atoms with E-state index in [2.05, 4.69) is 25.6 Å². The first kappa shape index (κ1) is 27.4. The molecule has 3 unspecified atom stereocenters. The number of nitro benzene ring substituents is 1. The Morgan fingerprint density at radius 2 is 2.11 bits per heavy atom. The molecule has 17 nitrogen and oxygen atoms in total. The summed E-state index contributed by atoms with van der Waals surface area (Å²) in [5.41, 5.74) is 5.39. The summed E-state index contributed by atoms with van der Waals surface area (Å²) in [7, 11) is -3.99. The highest BCUT2D eigenvalue weighted by Gasteiger charge is 2.58. The molecule has 1 saturated heterocycles. The van der Waals surface area contributed by atoms with E-state index in [-0.39, 0.29) is 39.5 Å². The number of non-ortho nitro benzene ring substituents is 1. The number of anilines is 1. The molecule has 0 radical (unpaired) electrons. The lowest BCUT2D eigenvalue weighted by molar-refractivity contribution is -0.384. The van der Waals surface area contributed by atoms with Gasteiger partial charge in [-0.15, -0.1) is 11.3 Å². The van der Waals surface area contributed by atoms with E-state index >= 15 is 0 Å². The Kier molecular flexibility index (Phi) is 8.32. The molecular weight excluding hydrogens is 538 g/mol.